The average molecular weight is 196 g/mol. The van der Waals surface area contributed by atoms with Crippen molar-refractivity contribution in [2.75, 3.05) is 18.6 Å². The summed E-state index contributed by atoms with van der Waals surface area (Å²) in [6.07, 6.45) is 3.24. The van der Waals surface area contributed by atoms with E-state index in [9.17, 15) is 0 Å². The second-order valence-corrected chi connectivity index (χ2v) is 3.95. The molecule has 0 saturated carbocycles. The summed E-state index contributed by atoms with van der Waals surface area (Å²) in [6, 6.07) is 8.14. The number of para-hydroxylation sites is 1. The highest BCUT2D eigenvalue weighted by Gasteiger charge is 1.96. The zero-order valence-electron chi connectivity index (χ0n) is 8.25. The second-order valence-electron chi connectivity index (χ2n) is 2.96. The van der Waals surface area contributed by atoms with Crippen molar-refractivity contribution in [1.82, 2.24) is 0 Å². The molecule has 0 bridgehead atoms. The summed E-state index contributed by atoms with van der Waals surface area (Å²) in [6.45, 7) is 2.90. The maximum absolute atomic E-state index is 5.63. The van der Waals surface area contributed by atoms with Gasteiger partial charge in [0.15, 0.2) is 0 Å². The lowest BCUT2D eigenvalue weighted by Gasteiger charge is -2.07. The number of hydrogen-bond acceptors (Lipinski definition) is 2. The summed E-state index contributed by atoms with van der Waals surface area (Å²) in [5.41, 5.74) is 1.21. The smallest absolute Gasteiger partial charge is 0.122 e. The SMILES string of the molecule is CSCCCOc1ccccc1C. The topological polar surface area (TPSA) is 9.23 Å². The molecule has 0 radical (unpaired) electrons. The number of rotatable bonds is 5. The largest absolute Gasteiger partial charge is 0.493 e. The second kappa shape index (κ2) is 5.92. The summed E-state index contributed by atoms with van der Waals surface area (Å²) >= 11 is 1.86. The Morgan fingerprint density at radius 2 is 2.08 bits per heavy atom. The van der Waals surface area contributed by atoms with Gasteiger partial charge in [-0.05, 0) is 37.0 Å². The van der Waals surface area contributed by atoms with Crippen LogP contribution in [-0.2, 0) is 0 Å². The lowest BCUT2D eigenvalue weighted by Crippen LogP contribution is -1.99. The minimum Gasteiger partial charge on any atom is -0.493 e. The molecular formula is C11H16OS. The number of thioether (sulfide) groups is 1. The summed E-state index contributed by atoms with van der Waals surface area (Å²) in [7, 11) is 0. The molecule has 0 aliphatic rings. The van der Waals surface area contributed by atoms with Crippen molar-refractivity contribution >= 4 is 11.8 Å². The van der Waals surface area contributed by atoms with E-state index in [1.165, 1.54) is 11.3 Å². The Hall–Kier alpha value is -0.630. The predicted molar refractivity (Wildman–Crippen MR) is 59.7 cm³/mol. The quantitative estimate of drug-likeness (QED) is 0.669. The van der Waals surface area contributed by atoms with Crippen LogP contribution < -0.4 is 4.74 Å². The Morgan fingerprint density at radius 3 is 2.77 bits per heavy atom. The van der Waals surface area contributed by atoms with E-state index in [4.69, 9.17) is 4.74 Å². The zero-order valence-corrected chi connectivity index (χ0v) is 9.06. The third kappa shape index (κ3) is 3.73. The first-order chi connectivity index (χ1) is 6.34. The highest BCUT2D eigenvalue weighted by Crippen LogP contribution is 2.16. The predicted octanol–water partition coefficient (Wildman–Crippen LogP) is 3.13. The van der Waals surface area contributed by atoms with Gasteiger partial charge in [-0.25, -0.2) is 0 Å². The average Bonchev–Trinajstić information content (AvgIpc) is 2.15. The zero-order chi connectivity index (χ0) is 9.52. The fraction of sp³-hybridized carbons (Fsp3) is 0.455. The van der Waals surface area contributed by atoms with Crippen LogP contribution in [0.2, 0.25) is 0 Å². The van der Waals surface area contributed by atoms with Crippen LogP contribution >= 0.6 is 11.8 Å². The first-order valence-electron chi connectivity index (χ1n) is 4.52. The molecule has 1 aromatic carbocycles. The maximum Gasteiger partial charge on any atom is 0.122 e. The van der Waals surface area contributed by atoms with E-state index >= 15 is 0 Å². The first kappa shape index (κ1) is 10.5. The lowest BCUT2D eigenvalue weighted by molar-refractivity contribution is 0.316. The fourth-order valence-corrected chi connectivity index (χ4v) is 1.51. The number of ether oxygens (including phenoxy) is 1. The van der Waals surface area contributed by atoms with Crippen molar-refractivity contribution < 1.29 is 4.74 Å². The first-order valence-corrected chi connectivity index (χ1v) is 5.91. The molecule has 0 spiro atoms. The molecule has 72 valence electrons. The van der Waals surface area contributed by atoms with E-state index in [0.717, 1.165) is 18.8 Å². The molecule has 0 unspecified atom stereocenters. The van der Waals surface area contributed by atoms with E-state index in [2.05, 4.69) is 19.2 Å². The number of benzene rings is 1. The minimum atomic E-state index is 0.825. The third-order valence-corrected chi connectivity index (χ3v) is 2.54. The Morgan fingerprint density at radius 1 is 1.31 bits per heavy atom. The molecule has 0 amide bonds. The molecule has 0 aliphatic carbocycles. The molecule has 0 aromatic heterocycles. The van der Waals surface area contributed by atoms with Gasteiger partial charge in [0.25, 0.3) is 0 Å². The molecular weight excluding hydrogens is 180 g/mol. The molecule has 1 rings (SSSR count). The van der Waals surface area contributed by atoms with Gasteiger partial charge in [0, 0.05) is 0 Å². The van der Waals surface area contributed by atoms with Gasteiger partial charge in [0.05, 0.1) is 6.61 Å². The summed E-state index contributed by atoms with van der Waals surface area (Å²) in [5.74, 6) is 2.19. The lowest BCUT2D eigenvalue weighted by atomic mass is 10.2. The summed E-state index contributed by atoms with van der Waals surface area (Å²) in [5, 5.41) is 0. The molecule has 1 aromatic rings. The molecule has 0 atom stereocenters. The van der Waals surface area contributed by atoms with Gasteiger partial charge in [0.2, 0.25) is 0 Å². The van der Waals surface area contributed by atoms with E-state index in [-0.39, 0.29) is 0 Å². The Labute approximate surface area is 84.5 Å². The van der Waals surface area contributed by atoms with Crippen LogP contribution in [0.4, 0.5) is 0 Å². The van der Waals surface area contributed by atoms with Gasteiger partial charge >= 0.3 is 0 Å². The Balaban J connectivity index is 2.32. The summed E-state index contributed by atoms with van der Waals surface area (Å²) in [4.78, 5) is 0. The van der Waals surface area contributed by atoms with Crippen molar-refractivity contribution in [3.63, 3.8) is 0 Å². The van der Waals surface area contributed by atoms with Crippen LogP contribution in [-0.4, -0.2) is 18.6 Å². The van der Waals surface area contributed by atoms with Crippen molar-refractivity contribution in [2.45, 2.75) is 13.3 Å². The minimum absolute atomic E-state index is 0.825. The third-order valence-electron chi connectivity index (χ3n) is 1.84. The van der Waals surface area contributed by atoms with Crippen molar-refractivity contribution in [3.05, 3.63) is 29.8 Å². The summed E-state index contributed by atoms with van der Waals surface area (Å²) < 4.78 is 5.63. The highest BCUT2D eigenvalue weighted by molar-refractivity contribution is 7.98. The van der Waals surface area contributed by atoms with E-state index < -0.39 is 0 Å². The van der Waals surface area contributed by atoms with Gasteiger partial charge in [-0.3, -0.25) is 0 Å². The normalized spacial score (nSPS) is 10.0. The van der Waals surface area contributed by atoms with Gasteiger partial charge in [-0.2, -0.15) is 11.8 Å². The molecule has 0 saturated heterocycles. The van der Waals surface area contributed by atoms with Crippen LogP contribution in [0.3, 0.4) is 0 Å². The van der Waals surface area contributed by atoms with Crippen molar-refractivity contribution in [3.8, 4) is 5.75 Å². The van der Waals surface area contributed by atoms with Crippen LogP contribution in [0.5, 0.6) is 5.75 Å². The Bertz CT molecular complexity index is 248. The van der Waals surface area contributed by atoms with Crippen LogP contribution in [0, 0.1) is 6.92 Å². The molecule has 1 nitrogen and oxygen atoms in total. The fourth-order valence-electron chi connectivity index (χ4n) is 1.10. The van der Waals surface area contributed by atoms with Crippen molar-refractivity contribution in [2.24, 2.45) is 0 Å². The van der Waals surface area contributed by atoms with Crippen LogP contribution in [0.25, 0.3) is 0 Å². The standard InChI is InChI=1S/C11H16OS/c1-10-6-3-4-7-11(10)12-8-5-9-13-2/h3-4,6-7H,5,8-9H2,1-2H3. The molecule has 2 heteroatoms. The molecule has 0 fully saturated rings. The van der Waals surface area contributed by atoms with Crippen LogP contribution in [0.15, 0.2) is 24.3 Å². The van der Waals surface area contributed by atoms with Crippen LogP contribution in [0.1, 0.15) is 12.0 Å². The monoisotopic (exact) mass is 196 g/mol. The maximum atomic E-state index is 5.63. The molecule has 0 N–H and O–H groups in total. The molecule has 0 aliphatic heterocycles. The number of hydrogen-bond donors (Lipinski definition) is 0. The number of aryl methyl sites for hydroxylation is 1. The van der Waals surface area contributed by atoms with Gasteiger partial charge in [-0.1, -0.05) is 18.2 Å². The van der Waals surface area contributed by atoms with Gasteiger partial charge in [0.1, 0.15) is 5.75 Å². The van der Waals surface area contributed by atoms with E-state index in [1.54, 1.807) is 0 Å². The molecule has 0 heterocycles. The van der Waals surface area contributed by atoms with E-state index in [0.29, 0.717) is 0 Å². The molecule has 13 heavy (non-hydrogen) atoms. The Kier molecular flexibility index (Phi) is 4.76. The van der Waals surface area contributed by atoms with Crippen molar-refractivity contribution in [1.29, 1.82) is 0 Å². The van der Waals surface area contributed by atoms with Gasteiger partial charge < -0.3 is 4.74 Å². The van der Waals surface area contributed by atoms with E-state index in [1.807, 2.05) is 30.0 Å². The highest BCUT2D eigenvalue weighted by atomic mass is 32.2. The van der Waals surface area contributed by atoms with Gasteiger partial charge in [-0.15, -0.1) is 0 Å².